The number of anilines is 1. The van der Waals surface area contributed by atoms with Gasteiger partial charge in [0.25, 0.3) is 0 Å². The fraction of sp³-hybridized carbons (Fsp3) is 0.600. The van der Waals surface area contributed by atoms with Gasteiger partial charge in [-0.1, -0.05) is 17.7 Å². The Morgan fingerprint density at radius 2 is 1.94 bits per heavy atom. The Bertz CT molecular complexity index is 407. The predicted molar refractivity (Wildman–Crippen MR) is 77.4 cm³/mol. The van der Waals surface area contributed by atoms with Gasteiger partial charge < -0.3 is 10.2 Å². The zero-order chi connectivity index (χ0) is 12.5. The third-order valence-corrected chi connectivity index (χ3v) is 4.72. The minimum absolute atomic E-state index is 0.688. The first-order valence-electron chi connectivity index (χ1n) is 6.99. The Kier molecular flexibility index (Phi) is 3.49. The van der Waals surface area contributed by atoms with Crippen LogP contribution in [0.4, 0.5) is 5.69 Å². The van der Waals surface area contributed by atoms with Crippen LogP contribution in [0.15, 0.2) is 24.3 Å². The molecule has 1 aromatic rings. The fourth-order valence-corrected chi connectivity index (χ4v) is 3.86. The zero-order valence-electron chi connectivity index (χ0n) is 10.9. The number of hydrogen-bond donors (Lipinski definition) is 1. The molecule has 1 aromatic carbocycles. The number of fused-ring (bicyclic) bond motifs is 2. The van der Waals surface area contributed by atoms with Gasteiger partial charge in [-0.15, -0.1) is 0 Å². The second-order valence-corrected chi connectivity index (χ2v) is 6.02. The van der Waals surface area contributed by atoms with E-state index in [1.807, 2.05) is 6.07 Å². The van der Waals surface area contributed by atoms with Gasteiger partial charge in [-0.3, -0.25) is 0 Å². The molecule has 0 amide bonds. The second-order valence-electron chi connectivity index (χ2n) is 5.58. The van der Waals surface area contributed by atoms with Crippen molar-refractivity contribution in [2.75, 3.05) is 11.9 Å². The van der Waals surface area contributed by atoms with Crippen molar-refractivity contribution in [1.82, 2.24) is 5.32 Å². The van der Waals surface area contributed by atoms with E-state index in [-0.39, 0.29) is 0 Å². The van der Waals surface area contributed by atoms with Crippen LogP contribution < -0.4 is 10.2 Å². The quantitative estimate of drug-likeness (QED) is 0.880. The molecule has 18 heavy (non-hydrogen) atoms. The highest BCUT2D eigenvalue weighted by Gasteiger charge is 2.37. The van der Waals surface area contributed by atoms with Crippen molar-refractivity contribution < 1.29 is 0 Å². The maximum absolute atomic E-state index is 6.14. The van der Waals surface area contributed by atoms with Crippen LogP contribution in [0, 0.1) is 0 Å². The summed E-state index contributed by atoms with van der Waals surface area (Å²) in [7, 11) is 2.09. The number of halogens is 1. The maximum atomic E-state index is 6.14. The third kappa shape index (κ3) is 2.24. The molecule has 98 valence electrons. The number of hydrogen-bond acceptors (Lipinski definition) is 2. The molecule has 0 spiro atoms. The molecule has 2 aliphatic rings. The van der Waals surface area contributed by atoms with Crippen LogP contribution in [0.5, 0.6) is 0 Å². The first kappa shape index (κ1) is 12.3. The third-order valence-electron chi connectivity index (χ3n) is 4.49. The summed E-state index contributed by atoms with van der Waals surface area (Å²) in [6.45, 7) is 0. The van der Waals surface area contributed by atoms with Crippen LogP contribution in [0.1, 0.15) is 32.1 Å². The average Bonchev–Trinajstić information content (AvgIpc) is 2.37. The largest absolute Gasteiger partial charge is 0.365 e. The molecule has 0 aliphatic carbocycles. The van der Waals surface area contributed by atoms with Gasteiger partial charge in [0.1, 0.15) is 0 Å². The first-order valence-corrected chi connectivity index (χ1v) is 7.37. The monoisotopic (exact) mass is 264 g/mol. The Hall–Kier alpha value is -0.730. The lowest BCUT2D eigenvalue weighted by molar-refractivity contribution is 0.252. The van der Waals surface area contributed by atoms with E-state index in [4.69, 9.17) is 11.6 Å². The molecule has 2 aliphatic heterocycles. The van der Waals surface area contributed by atoms with E-state index in [1.54, 1.807) is 0 Å². The molecular formula is C15H21ClN2. The van der Waals surface area contributed by atoms with Gasteiger partial charge in [-0.2, -0.15) is 0 Å². The lowest BCUT2D eigenvalue weighted by atomic mass is 9.81. The molecule has 3 heteroatoms. The van der Waals surface area contributed by atoms with Gasteiger partial charge >= 0.3 is 0 Å². The van der Waals surface area contributed by atoms with Crippen LogP contribution in [-0.4, -0.2) is 25.2 Å². The number of rotatable bonds is 2. The molecule has 0 saturated carbocycles. The van der Waals surface area contributed by atoms with Crippen molar-refractivity contribution in [3.05, 3.63) is 29.3 Å². The van der Waals surface area contributed by atoms with Crippen LogP contribution in [0.25, 0.3) is 0 Å². The molecule has 0 radical (unpaired) electrons. The normalized spacial score (nSPS) is 31.4. The lowest BCUT2D eigenvalue weighted by Gasteiger charge is -2.50. The Labute approximate surface area is 114 Å². The van der Waals surface area contributed by atoms with Gasteiger partial charge in [-0.25, -0.2) is 0 Å². The van der Waals surface area contributed by atoms with Crippen molar-refractivity contribution in [1.29, 1.82) is 0 Å². The Morgan fingerprint density at radius 1 is 1.22 bits per heavy atom. The molecule has 2 saturated heterocycles. The summed E-state index contributed by atoms with van der Waals surface area (Å²) < 4.78 is 0. The molecule has 1 N–H and O–H groups in total. The Balaban J connectivity index is 1.88. The van der Waals surface area contributed by atoms with E-state index in [1.165, 1.54) is 37.8 Å². The maximum Gasteiger partial charge on any atom is 0.0426 e. The molecule has 2 nitrogen and oxygen atoms in total. The van der Waals surface area contributed by atoms with Gasteiger partial charge in [0.2, 0.25) is 0 Å². The highest BCUT2D eigenvalue weighted by Crippen LogP contribution is 2.38. The molecule has 0 aromatic heterocycles. The molecule has 2 unspecified atom stereocenters. The molecule has 2 bridgehead atoms. The van der Waals surface area contributed by atoms with Crippen LogP contribution in [0.3, 0.4) is 0 Å². The summed E-state index contributed by atoms with van der Waals surface area (Å²) in [5.74, 6) is 0. The van der Waals surface area contributed by atoms with E-state index in [0.717, 1.165) is 5.02 Å². The topological polar surface area (TPSA) is 15.3 Å². The zero-order valence-corrected chi connectivity index (χ0v) is 11.7. The van der Waals surface area contributed by atoms with E-state index in [9.17, 15) is 0 Å². The van der Waals surface area contributed by atoms with Crippen LogP contribution in [-0.2, 0) is 0 Å². The lowest BCUT2D eigenvalue weighted by Crippen LogP contribution is -2.56. The van der Waals surface area contributed by atoms with Gasteiger partial charge in [0, 0.05) is 28.8 Å². The van der Waals surface area contributed by atoms with Crippen molar-refractivity contribution in [2.24, 2.45) is 0 Å². The van der Waals surface area contributed by atoms with E-state index in [0.29, 0.717) is 18.1 Å². The second kappa shape index (κ2) is 5.10. The molecular weight excluding hydrogens is 244 g/mol. The smallest absolute Gasteiger partial charge is 0.0426 e. The number of nitrogens with zero attached hydrogens (tertiary/aromatic N) is 1. The standard InChI is InChI=1S/C15H21ClN2/c1-17-12-9-14-6-3-7-15(10-12)18(14)13-5-2-4-11(16)8-13/h2,4-5,8,12,14-15,17H,3,6-7,9-10H2,1H3. The minimum atomic E-state index is 0.688. The van der Waals surface area contributed by atoms with E-state index in [2.05, 4.69) is 35.5 Å². The van der Waals surface area contributed by atoms with E-state index < -0.39 is 0 Å². The fourth-order valence-electron chi connectivity index (χ4n) is 3.68. The molecule has 3 rings (SSSR count). The SMILES string of the molecule is CNC1CC2CCCC(C1)N2c1cccc(Cl)c1. The number of nitrogens with one attached hydrogen (secondary N) is 1. The summed E-state index contributed by atoms with van der Waals surface area (Å²) in [5, 5.41) is 4.31. The predicted octanol–water partition coefficient (Wildman–Crippen LogP) is 3.45. The molecule has 2 atom stereocenters. The molecule has 2 fully saturated rings. The first-order chi connectivity index (χ1) is 8.78. The van der Waals surface area contributed by atoms with Gasteiger partial charge in [0.05, 0.1) is 0 Å². The minimum Gasteiger partial charge on any atom is -0.365 e. The number of piperidine rings is 2. The average molecular weight is 265 g/mol. The Morgan fingerprint density at radius 3 is 2.56 bits per heavy atom. The van der Waals surface area contributed by atoms with Crippen LogP contribution in [0.2, 0.25) is 5.02 Å². The van der Waals surface area contributed by atoms with Gasteiger partial charge in [0.15, 0.2) is 0 Å². The highest BCUT2D eigenvalue weighted by molar-refractivity contribution is 6.30. The summed E-state index contributed by atoms with van der Waals surface area (Å²) in [6, 6.07) is 10.4. The van der Waals surface area contributed by atoms with Gasteiger partial charge in [-0.05, 0) is 57.4 Å². The van der Waals surface area contributed by atoms with Crippen molar-refractivity contribution in [2.45, 2.75) is 50.2 Å². The van der Waals surface area contributed by atoms with E-state index >= 15 is 0 Å². The highest BCUT2D eigenvalue weighted by atomic mass is 35.5. The van der Waals surface area contributed by atoms with Crippen molar-refractivity contribution in [3.8, 4) is 0 Å². The number of benzene rings is 1. The summed E-state index contributed by atoms with van der Waals surface area (Å²) in [5.41, 5.74) is 1.31. The summed E-state index contributed by atoms with van der Waals surface area (Å²) in [4.78, 5) is 2.63. The summed E-state index contributed by atoms with van der Waals surface area (Å²) >= 11 is 6.14. The van der Waals surface area contributed by atoms with Crippen LogP contribution >= 0.6 is 11.6 Å². The molecule has 2 heterocycles. The van der Waals surface area contributed by atoms with Crippen molar-refractivity contribution >= 4 is 17.3 Å². The van der Waals surface area contributed by atoms with Crippen molar-refractivity contribution in [3.63, 3.8) is 0 Å². The summed E-state index contributed by atoms with van der Waals surface area (Å²) in [6.07, 6.45) is 6.55.